The highest BCUT2D eigenvalue weighted by Gasteiger charge is 2.35. The third kappa shape index (κ3) is 3.67. The van der Waals surface area contributed by atoms with Gasteiger partial charge in [0.1, 0.15) is 4.65 Å². The molecule has 1 aliphatic heterocycles. The average molecular weight is 313 g/mol. The summed E-state index contributed by atoms with van der Waals surface area (Å²) in [7, 11) is -3.30. The van der Waals surface area contributed by atoms with Crippen LogP contribution in [0.1, 0.15) is 27.7 Å². The van der Waals surface area contributed by atoms with E-state index in [2.05, 4.69) is 5.32 Å². The SMILES string of the molecule is CC(C)OP(=O)(OC(C)C)C1=CNc2ccccc2S1. The van der Waals surface area contributed by atoms with Gasteiger partial charge in [-0.25, -0.2) is 0 Å². The molecule has 0 fully saturated rings. The molecule has 0 amide bonds. The third-order valence-electron chi connectivity index (χ3n) is 2.42. The number of anilines is 1. The Bertz CT molecular complexity index is 543. The molecule has 1 aromatic carbocycles. The van der Waals surface area contributed by atoms with Crippen molar-refractivity contribution >= 4 is 25.0 Å². The molecule has 0 bridgehead atoms. The van der Waals surface area contributed by atoms with Crippen LogP contribution in [0, 0.1) is 0 Å². The molecule has 1 heterocycles. The second kappa shape index (κ2) is 6.35. The van der Waals surface area contributed by atoms with Gasteiger partial charge in [0.15, 0.2) is 0 Å². The van der Waals surface area contributed by atoms with Crippen LogP contribution in [0.3, 0.4) is 0 Å². The standard InChI is InChI=1S/C14H20NO3PS/c1-10(2)17-19(16,18-11(3)4)14-9-15-12-7-5-6-8-13(12)20-14/h5-11,15H,1-4H3. The molecule has 0 radical (unpaired) electrons. The van der Waals surface area contributed by atoms with Crippen LogP contribution in [-0.4, -0.2) is 12.2 Å². The van der Waals surface area contributed by atoms with E-state index in [-0.39, 0.29) is 12.2 Å². The zero-order valence-electron chi connectivity index (χ0n) is 12.1. The molecule has 110 valence electrons. The molecule has 0 saturated carbocycles. The fourth-order valence-corrected chi connectivity index (χ4v) is 5.09. The maximum absolute atomic E-state index is 13.0. The number of para-hydroxylation sites is 1. The number of fused-ring (bicyclic) bond motifs is 1. The second-order valence-electron chi connectivity index (χ2n) is 5.03. The lowest BCUT2D eigenvalue weighted by atomic mass is 10.3. The maximum atomic E-state index is 13.0. The van der Waals surface area contributed by atoms with E-state index in [1.807, 2.05) is 52.0 Å². The first-order chi connectivity index (χ1) is 9.40. The van der Waals surface area contributed by atoms with Gasteiger partial charge in [0.25, 0.3) is 0 Å². The van der Waals surface area contributed by atoms with Crippen LogP contribution >= 0.6 is 19.4 Å². The Morgan fingerprint density at radius 3 is 2.30 bits per heavy atom. The Morgan fingerprint density at radius 1 is 1.10 bits per heavy atom. The fraction of sp³-hybridized carbons (Fsp3) is 0.429. The highest BCUT2D eigenvalue weighted by molar-refractivity contribution is 8.10. The molecule has 0 unspecified atom stereocenters. The van der Waals surface area contributed by atoms with E-state index >= 15 is 0 Å². The highest BCUT2D eigenvalue weighted by Crippen LogP contribution is 2.64. The summed E-state index contributed by atoms with van der Waals surface area (Å²) >= 11 is 1.43. The number of thioether (sulfide) groups is 1. The topological polar surface area (TPSA) is 47.6 Å². The number of benzene rings is 1. The number of hydrogen-bond donors (Lipinski definition) is 1. The predicted octanol–water partition coefficient (Wildman–Crippen LogP) is 5.05. The largest absolute Gasteiger partial charge is 0.369 e. The quantitative estimate of drug-likeness (QED) is 0.771. The molecule has 0 aromatic heterocycles. The molecule has 1 aliphatic rings. The van der Waals surface area contributed by atoms with Crippen molar-refractivity contribution in [3.05, 3.63) is 35.1 Å². The van der Waals surface area contributed by atoms with Crippen LogP contribution in [0.25, 0.3) is 0 Å². The van der Waals surface area contributed by atoms with Crippen LogP contribution in [0.5, 0.6) is 0 Å². The Hall–Kier alpha value is -0.740. The minimum absolute atomic E-state index is 0.168. The van der Waals surface area contributed by atoms with Crippen LogP contribution in [-0.2, 0) is 13.6 Å². The zero-order valence-corrected chi connectivity index (χ0v) is 13.8. The normalized spacial score (nSPS) is 15.0. The van der Waals surface area contributed by atoms with Gasteiger partial charge >= 0.3 is 7.60 Å². The first-order valence-electron chi connectivity index (χ1n) is 6.62. The zero-order chi connectivity index (χ0) is 14.8. The molecule has 20 heavy (non-hydrogen) atoms. The van der Waals surface area contributed by atoms with Gasteiger partial charge in [0, 0.05) is 11.1 Å². The Kier molecular flexibility index (Phi) is 4.97. The molecule has 0 aliphatic carbocycles. The van der Waals surface area contributed by atoms with Crippen molar-refractivity contribution in [3.8, 4) is 0 Å². The van der Waals surface area contributed by atoms with Gasteiger partial charge < -0.3 is 14.4 Å². The van der Waals surface area contributed by atoms with Crippen LogP contribution in [0.4, 0.5) is 5.69 Å². The van der Waals surface area contributed by atoms with Crippen molar-refractivity contribution < 1.29 is 13.6 Å². The monoisotopic (exact) mass is 313 g/mol. The Balaban J connectivity index is 2.27. The number of hydrogen-bond acceptors (Lipinski definition) is 5. The molecular weight excluding hydrogens is 293 g/mol. The van der Waals surface area contributed by atoms with E-state index in [0.29, 0.717) is 4.65 Å². The van der Waals surface area contributed by atoms with Crippen molar-refractivity contribution in [2.45, 2.75) is 44.8 Å². The van der Waals surface area contributed by atoms with Gasteiger partial charge in [-0.05, 0) is 39.8 Å². The molecule has 1 aromatic rings. The molecule has 4 nitrogen and oxygen atoms in total. The third-order valence-corrected chi connectivity index (χ3v) is 6.34. The molecule has 1 N–H and O–H groups in total. The summed E-state index contributed by atoms with van der Waals surface area (Å²) in [5, 5.41) is 3.15. The lowest BCUT2D eigenvalue weighted by Crippen LogP contribution is -2.10. The van der Waals surface area contributed by atoms with E-state index in [1.54, 1.807) is 6.20 Å². The minimum Gasteiger partial charge on any atom is -0.359 e. The molecular formula is C14H20NO3PS. The van der Waals surface area contributed by atoms with Crippen molar-refractivity contribution in [1.82, 2.24) is 0 Å². The predicted molar refractivity (Wildman–Crippen MR) is 84.1 cm³/mol. The summed E-state index contributed by atoms with van der Waals surface area (Å²) in [6.45, 7) is 7.41. The second-order valence-corrected chi connectivity index (χ2v) is 8.32. The van der Waals surface area contributed by atoms with Crippen LogP contribution in [0.15, 0.2) is 40.0 Å². The van der Waals surface area contributed by atoms with E-state index in [0.717, 1.165) is 10.6 Å². The Morgan fingerprint density at radius 2 is 1.70 bits per heavy atom. The van der Waals surface area contributed by atoms with E-state index in [9.17, 15) is 4.57 Å². The maximum Gasteiger partial charge on any atom is 0.369 e. The first kappa shape index (κ1) is 15.6. The van der Waals surface area contributed by atoms with Crippen molar-refractivity contribution in [1.29, 1.82) is 0 Å². The summed E-state index contributed by atoms with van der Waals surface area (Å²) in [5.41, 5.74) is 1.00. The van der Waals surface area contributed by atoms with Gasteiger partial charge in [0.05, 0.1) is 17.9 Å². The Labute approximate surface area is 124 Å². The number of rotatable bonds is 5. The van der Waals surface area contributed by atoms with E-state index < -0.39 is 7.60 Å². The van der Waals surface area contributed by atoms with Crippen LogP contribution < -0.4 is 5.32 Å². The van der Waals surface area contributed by atoms with E-state index in [1.165, 1.54) is 11.8 Å². The van der Waals surface area contributed by atoms with Crippen molar-refractivity contribution in [3.63, 3.8) is 0 Å². The molecule has 0 atom stereocenters. The first-order valence-corrected chi connectivity index (χ1v) is 8.97. The van der Waals surface area contributed by atoms with Crippen molar-refractivity contribution in [2.75, 3.05) is 5.32 Å². The lowest BCUT2D eigenvalue weighted by Gasteiger charge is -2.27. The molecule has 0 saturated heterocycles. The van der Waals surface area contributed by atoms with Crippen molar-refractivity contribution in [2.24, 2.45) is 0 Å². The summed E-state index contributed by atoms with van der Waals surface area (Å²) < 4.78 is 24.8. The minimum atomic E-state index is -3.30. The van der Waals surface area contributed by atoms with Gasteiger partial charge in [0.2, 0.25) is 0 Å². The number of nitrogens with one attached hydrogen (secondary N) is 1. The summed E-state index contributed by atoms with van der Waals surface area (Å²) in [6, 6.07) is 7.87. The summed E-state index contributed by atoms with van der Waals surface area (Å²) in [6.07, 6.45) is 1.38. The summed E-state index contributed by atoms with van der Waals surface area (Å²) in [4.78, 5) is 1.02. The molecule has 6 heteroatoms. The van der Waals surface area contributed by atoms with Gasteiger partial charge in [-0.15, -0.1) is 0 Å². The molecule has 0 spiro atoms. The summed E-state index contributed by atoms with van der Waals surface area (Å²) in [5.74, 6) is 0. The smallest absolute Gasteiger partial charge is 0.359 e. The molecule has 2 rings (SSSR count). The van der Waals surface area contributed by atoms with Crippen LogP contribution in [0.2, 0.25) is 0 Å². The van der Waals surface area contributed by atoms with Gasteiger partial charge in [-0.3, -0.25) is 4.57 Å². The van der Waals surface area contributed by atoms with E-state index in [4.69, 9.17) is 9.05 Å². The lowest BCUT2D eigenvalue weighted by molar-refractivity contribution is 0.148. The van der Waals surface area contributed by atoms with Gasteiger partial charge in [-0.1, -0.05) is 23.9 Å². The average Bonchev–Trinajstić information content (AvgIpc) is 2.36. The fourth-order valence-electron chi connectivity index (χ4n) is 1.78. The van der Waals surface area contributed by atoms with Gasteiger partial charge in [-0.2, -0.15) is 0 Å². The highest BCUT2D eigenvalue weighted by atomic mass is 32.2.